The second-order valence-corrected chi connectivity index (χ2v) is 11.1. The molecule has 1 heterocycles. The molecule has 0 radical (unpaired) electrons. The van der Waals surface area contributed by atoms with Gasteiger partial charge in [0.15, 0.2) is 11.5 Å². The zero-order valence-corrected chi connectivity index (χ0v) is 22.3. The van der Waals surface area contributed by atoms with Crippen molar-refractivity contribution in [3.63, 3.8) is 0 Å². The smallest absolute Gasteiger partial charge is 0.258 e. The molecule has 1 N–H and O–H groups in total. The van der Waals surface area contributed by atoms with E-state index in [9.17, 15) is 13.2 Å². The van der Waals surface area contributed by atoms with Crippen LogP contribution in [0.5, 0.6) is 11.5 Å². The maximum Gasteiger partial charge on any atom is 0.258 e. The second-order valence-electron chi connectivity index (χ2n) is 8.29. The van der Waals surface area contributed by atoms with Crippen molar-refractivity contribution in [2.45, 2.75) is 30.4 Å². The average Bonchev–Trinajstić information content (AvgIpc) is 3.40. The van der Waals surface area contributed by atoms with E-state index in [2.05, 4.69) is 10.5 Å². The molecule has 0 unspecified atom stereocenters. The van der Waals surface area contributed by atoms with Crippen LogP contribution in [0.3, 0.4) is 0 Å². The Labute approximate surface area is 225 Å². The van der Waals surface area contributed by atoms with Crippen molar-refractivity contribution in [1.82, 2.24) is 9.73 Å². The summed E-state index contributed by atoms with van der Waals surface area (Å²) < 4.78 is 38.6. The minimum absolute atomic E-state index is 0.0885. The summed E-state index contributed by atoms with van der Waals surface area (Å²) in [6.45, 7) is 0.593. The average molecular weight is 562 g/mol. The lowest BCUT2D eigenvalue weighted by Gasteiger charge is -2.22. The molecule has 0 aromatic heterocycles. The van der Waals surface area contributed by atoms with Gasteiger partial charge in [-0.3, -0.25) is 4.79 Å². The van der Waals surface area contributed by atoms with E-state index in [0.29, 0.717) is 46.6 Å². The molecule has 1 fully saturated rings. The zero-order valence-electron chi connectivity index (χ0n) is 19.9. The summed E-state index contributed by atoms with van der Waals surface area (Å²) in [4.78, 5) is 12.9. The highest BCUT2D eigenvalue weighted by atomic mass is 35.5. The number of ether oxygens (including phenoxy) is 2. The van der Waals surface area contributed by atoms with Crippen molar-refractivity contribution in [1.29, 1.82) is 0 Å². The van der Waals surface area contributed by atoms with Crippen molar-refractivity contribution < 1.29 is 22.7 Å². The number of halogens is 2. The highest BCUT2D eigenvalue weighted by Crippen LogP contribution is 2.29. The fourth-order valence-electron chi connectivity index (χ4n) is 3.90. The molecule has 11 heteroatoms. The van der Waals surface area contributed by atoms with Gasteiger partial charge in [0.05, 0.1) is 18.2 Å². The molecule has 4 rings (SSSR count). The molecular weight excluding hydrogens is 537 g/mol. The van der Waals surface area contributed by atoms with E-state index >= 15 is 0 Å². The normalized spacial score (nSPS) is 16.1. The minimum Gasteiger partial charge on any atom is -0.493 e. The van der Waals surface area contributed by atoms with E-state index in [1.807, 2.05) is 12.1 Å². The highest BCUT2D eigenvalue weighted by Gasteiger charge is 2.39. The minimum atomic E-state index is -3.84. The molecule has 37 heavy (non-hydrogen) atoms. The molecule has 194 valence electrons. The number of carbonyl (C=O) groups excluding carboxylic acids is 1. The Morgan fingerprint density at radius 2 is 1.73 bits per heavy atom. The number of hydrogen-bond donors (Lipinski definition) is 1. The number of benzene rings is 3. The first-order valence-corrected chi connectivity index (χ1v) is 13.6. The molecule has 3 aromatic rings. The number of nitrogens with zero attached hydrogens (tertiary/aromatic N) is 2. The molecule has 0 aliphatic carbocycles. The van der Waals surface area contributed by atoms with Gasteiger partial charge in [0.25, 0.3) is 5.91 Å². The molecule has 8 nitrogen and oxygen atoms in total. The molecule has 1 saturated heterocycles. The van der Waals surface area contributed by atoms with Gasteiger partial charge >= 0.3 is 0 Å². The Morgan fingerprint density at radius 1 is 1.05 bits per heavy atom. The first-order valence-electron chi connectivity index (χ1n) is 11.4. The monoisotopic (exact) mass is 561 g/mol. The van der Waals surface area contributed by atoms with E-state index in [-0.39, 0.29) is 11.4 Å². The third kappa shape index (κ3) is 6.61. The van der Waals surface area contributed by atoms with Crippen LogP contribution in [0.1, 0.15) is 24.0 Å². The predicted molar refractivity (Wildman–Crippen MR) is 143 cm³/mol. The third-order valence-corrected chi connectivity index (χ3v) is 8.24. The molecule has 1 aliphatic rings. The largest absolute Gasteiger partial charge is 0.493 e. The Bertz CT molecular complexity index is 1380. The van der Waals surface area contributed by atoms with E-state index in [4.69, 9.17) is 32.7 Å². The SMILES string of the molecule is COc1cc(/C=N\NC(=O)[C@H]2CCCN2S(=O)(=O)c2ccc(Cl)cc2)ccc1OCc1ccc(Cl)cc1. The van der Waals surface area contributed by atoms with Crippen LogP contribution in [0.2, 0.25) is 10.0 Å². The summed E-state index contributed by atoms with van der Waals surface area (Å²) >= 11 is 11.8. The van der Waals surface area contributed by atoms with Gasteiger partial charge in [0.2, 0.25) is 10.0 Å². The van der Waals surface area contributed by atoms with E-state index in [1.165, 1.54) is 41.9 Å². The number of rotatable bonds is 9. The number of hydrogen-bond acceptors (Lipinski definition) is 6. The zero-order chi connectivity index (χ0) is 26.4. The van der Waals surface area contributed by atoms with Crippen molar-refractivity contribution in [2.24, 2.45) is 5.10 Å². The van der Waals surface area contributed by atoms with Gasteiger partial charge in [-0.15, -0.1) is 0 Å². The predicted octanol–water partition coefficient (Wildman–Crippen LogP) is 4.88. The van der Waals surface area contributed by atoms with Gasteiger partial charge in [-0.25, -0.2) is 13.8 Å². The molecule has 1 amide bonds. The van der Waals surface area contributed by atoms with Gasteiger partial charge in [0.1, 0.15) is 12.6 Å². The number of amides is 1. The summed E-state index contributed by atoms with van der Waals surface area (Å²) in [5.41, 5.74) is 4.08. The molecule has 1 aliphatic heterocycles. The Hall–Kier alpha value is -3.11. The van der Waals surface area contributed by atoms with Gasteiger partial charge in [-0.05, 0) is 78.6 Å². The van der Waals surface area contributed by atoms with Crippen LogP contribution in [0.4, 0.5) is 0 Å². The van der Waals surface area contributed by atoms with Crippen molar-refractivity contribution >= 4 is 45.3 Å². The van der Waals surface area contributed by atoms with E-state index in [1.54, 1.807) is 30.3 Å². The molecular formula is C26H25Cl2N3O5S. The fourth-order valence-corrected chi connectivity index (χ4v) is 5.81. The number of hydrazone groups is 1. The first kappa shape index (κ1) is 26.9. The summed E-state index contributed by atoms with van der Waals surface area (Å²) in [6.07, 6.45) is 2.43. The van der Waals surface area contributed by atoms with Crippen LogP contribution in [-0.4, -0.2) is 44.5 Å². The van der Waals surface area contributed by atoms with Crippen LogP contribution < -0.4 is 14.9 Å². The van der Waals surface area contributed by atoms with Crippen LogP contribution in [0, 0.1) is 0 Å². The number of carbonyl (C=O) groups is 1. The van der Waals surface area contributed by atoms with E-state index < -0.39 is 22.0 Å². The first-order chi connectivity index (χ1) is 17.8. The van der Waals surface area contributed by atoms with Crippen LogP contribution in [0.25, 0.3) is 0 Å². The van der Waals surface area contributed by atoms with Crippen molar-refractivity contribution in [3.05, 3.63) is 87.9 Å². The van der Waals surface area contributed by atoms with Gasteiger partial charge in [-0.2, -0.15) is 9.41 Å². The number of nitrogens with one attached hydrogen (secondary N) is 1. The molecule has 0 bridgehead atoms. The van der Waals surface area contributed by atoms with Crippen LogP contribution in [0.15, 0.2) is 76.7 Å². The Balaban J connectivity index is 1.38. The maximum absolute atomic E-state index is 13.0. The van der Waals surface area contributed by atoms with Gasteiger partial charge < -0.3 is 9.47 Å². The lowest BCUT2D eigenvalue weighted by Crippen LogP contribution is -2.44. The Morgan fingerprint density at radius 3 is 2.41 bits per heavy atom. The molecule has 1 atom stereocenters. The molecule has 0 spiro atoms. The van der Waals surface area contributed by atoms with E-state index in [0.717, 1.165) is 5.56 Å². The number of methoxy groups -OCH3 is 1. The maximum atomic E-state index is 13.0. The van der Waals surface area contributed by atoms with Gasteiger partial charge in [-0.1, -0.05) is 35.3 Å². The lowest BCUT2D eigenvalue weighted by molar-refractivity contribution is -0.124. The summed E-state index contributed by atoms with van der Waals surface area (Å²) in [7, 11) is -2.31. The quantitative estimate of drug-likeness (QED) is 0.296. The summed E-state index contributed by atoms with van der Waals surface area (Å²) in [5, 5.41) is 5.11. The van der Waals surface area contributed by atoms with Crippen LogP contribution >= 0.6 is 23.2 Å². The van der Waals surface area contributed by atoms with Crippen LogP contribution in [-0.2, 0) is 21.4 Å². The summed E-state index contributed by atoms with van der Waals surface area (Å²) in [5.74, 6) is 0.550. The number of sulfonamides is 1. The summed E-state index contributed by atoms with van der Waals surface area (Å²) in [6, 6.07) is 17.6. The van der Waals surface area contributed by atoms with Gasteiger partial charge in [0, 0.05) is 16.6 Å². The van der Waals surface area contributed by atoms with Crippen molar-refractivity contribution in [2.75, 3.05) is 13.7 Å². The molecule has 3 aromatic carbocycles. The molecule has 0 saturated carbocycles. The second kappa shape index (κ2) is 12.0. The third-order valence-electron chi connectivity index (χ3n) is 5.81. The standard InChI is InChI=1S/C26H25Cl2N3O5S/c1-35-25-15-19(6-13-24(25)36-17-18-4-7-20(27)8-5-18)16-29-30-26(32)23-3-2-14-31(23)37(33,34)22-11-9-21(28)10-12-22/h4-13,15-16,23H,2-3,14,17H2,1H3,(H,30,32)/b29-16-/t23-/m1/s1. The highest BCUT2D eigenvalue weighted by molar-refractivity contribution is 7.89. The fraction of sp³-hybridized carbons (Fsp3) is 0.231. The lowest BCUT2D eigenvalue weighted by atomic mass is 10.2. The Kier molecular flexibility index (Phi) is 8.71. The van der Waals surface area contributed by atoms with Crippen molar-refractivity contribution in [3.8, 4) is 11.5 Å². The topological polar surface area (TPSA) is 97.3 Å².